The quantitative estimate of drug-likeness (QED) is 0.492. The highest BCUT2D eigenvalue weighted by Gasteiger charge is 2.11. The molecule has 0 unspecified atom stereocenters. The average Bonchev–Trinajstić information content (AvgIpc) is 3.02. The molecule has 0 saturated heterocycles. The summed E-state index contributed by atoms with van der Waals surface area (Å²) in [5, 5.41) is 10.2. The van der Waals surface area contributed by atoms with Crippen LogP contribution in [0.25, 0.3) is 10.9 Å². The van der Waals surface area contributed by atoms with Crippen LogP contribution in [0.4, 0.5) is 0 Å². The van der Waals surface area contributed by atoms with Crippen molar-refractivity contribution >= 4 is 16.9 Å². The van der Waals surface area contributed by atoms with E-state index in [0.717, 1.165) is 39.1 Å². The lowest BCUT2D eigenvalue weighted by molar-refractivity contribution is -0.136. The van der Waals surface area contributed by atoms with Crippen molar-refractivity contribution in [1.82, 2.24) is 4.57 Å². The molecule has 0 spiro atoms. The highest BCUT2D eigenvalue weighted by atomic mass is 16.5. The molecule has 0 radical (unpaired) electrons. The number of aryl methyl sites for hydroxylation is 1. The molecule has 0 aliphatic rings. The van der Waals surface area contributed by atoms with Crippen molar-refractivity contribution in [3.05, 3.63) is 95.7 Å². The van der Waals surface area contributed by atoms with Crippen molar-refractivity contribution in [2.75, 3.05) is 0 Å². The summed E-state index contributed by atoms with van der Waals surface area (Å²) in [6.07, 6.45) is 1.97. The molecule has 0 amide bonds. The third-order valence-corrected chi connectivity index (χ3v) is 4.81. The zero-order valence-electron chi connectivity index (χ0n) is 15.6. The molecule has 0 atom stereocenters. The van der Waals surface area contributed by atoms with E-state index in [1.54, 1.807) is 0 Å². The molecule has 0 aliphatic heterocycles. The third kappa shape index (κ3) is 3.76. The Kier molecular flexibility index (Phi) is 4.85. The molecule has 4 nitrogen and oxygen atoms in total. The van der Waals surface area contributed by atoms with Crippen LogP contribution in [0.2, 0.25) is 0 Å². The Morgan fingerprint density at radius 1 is 0.964 bits per heavy atom. The molecule has 0 aliphatic carbocycles. The smallest absolute Gasteiger partial charge is 0.307 e. The molecular weight excluding hydrogens is 350 g/mol. The van der Waals surface area contributed by atoms with Crippen LogP contribution >= 0.6 is 0 Å². The van der Waals surface area contributed by atoms with Gasteiger partial charge in [-0.15, -0.1) is 0 Å². The van der Waals surface area contributed by atoms with E-state index < -0.39 is 5.97 Å². The minimum Gasteiger partial charge on any atom is -0.481 e. The fraction of sp³-hybridized carbons (Fsp3) is 0.125. The van der Waals surface area contributed by atoms with Gasteiger partial charge >= 0.3 is 5.97 Å². The number of aromatic nitrogens is 1. The summed E-state index contributed by atoms with van der Waals surface area (Å²) in [5.74, 6) is 0.826. The van der Waals surface area contributed by atoms with Crippen LogP contribution in [-0.2, 0) is 17.8 Å². The number of fused-ring (bicyclic) bond motifs is 1. The first-order valence-electron chi connectivity index (χ1n) is 9.21. The van der Waals surface area contributed by atoms with E-state index in [4.69, 9.17) is 4.74 Å². The number of hydrogen-bond donors (Lipinski definition) is 1. The Hall–Kier alpha value is -3.53. The average molecular weight is 371 g/mol. The summed E-state index contributed by atoms with van der Waals surface area (Å²) < 4.78 is 8.06. The summed E-state index contributed by atoms with van der Waals surface area (Å²) >= 11 is 0. The van der Waals surface area contributed by atoms with Crippen molar-refractivity contribution in [1.29, 1.82) is 0 Å². The van der Waals surface area contributed by atoms with E-state index in [1.807, 2.05) is 85.9 Å². The second-order valence-corrected chi connectivity index (χ2v) is 6.88. The van der Waals surface area contributed by atoms with Gasteiger partial charge in [0.2, 0.25) is 0 Å². The number of para-hydroxylation sites is 2. The molecule has 1 heterocycles. The Morgan fingerprint density at radius 3 is 2.43 bits per heavy atom. The van der Waals surface area contributed by atoms with E-state index >= 15 is 0 Å². The van der Waals surface area contributed by atoms with E-state index in [9.17, 15) is 9.90 Å². The molecule has 28 heavy (non-hydrogen) atoms. The summed E-state index contributed by atoms with van der Waals surface area (Å²) in [7, 11) is 0. The maximum atomic E-state index is 11.2. The van der Waals surface area contributed by atoms with Crippen molar-refractivity contribution in [2.45, 2.75) is 19.9 Å². The van der Waals surface area contributed by atoms with Gasteiger partial charge in [-0.3, -0.25) is 4.79 Å². The van der Waals surface area contributed by atoms with E-state index in [2.05, 4.69) is 4.57 Å². The molecule has 3 aromatic carbocycles. The van der Waals surface area contributed by atoms with Crippen molar-refractivity contribution in [2.24, 2.45) is 0 Å². The highest BCUT2D eigenvalue weighted by molar-refractivity contribution is 5.87. The minimum absolute atomic E-state index is 0.0245. The van der Waals surface area contributed by atoms with E-state index in [0.29, 0.717) is 6.54 Å². The molecule has 140 valence electrons. The van der Waals surface area contributed by atoms with E-state index in [-0.39, 0.29) is 6.42 Å². The van der Waals surface area contributed by atoms with Crippen LogP contribution < -0.4 is 4.74 Å². The number of carbonyl (C=O) groups is 1. The van der Waals surface area contributed by atoms with Crippen molar-refractivity contribution in [3.63, 3.8) is 0 Å². The third-order valence-electron chi connectivity index (χ3n) is 4.81. The van der Waals surface area contributed by atoms with Gasteiger partial charge in [-0.1, -0.05) is 48.5 Å². The number of carboxylic acids is 1. The molecule has 0 bridgehead atoms. The molecule has 4 heteroatoms. The molecule has 4 rings (SSSR count). The van der Waals surface area contributed by atoms with Crippen LogP contribution in [0.1, 0.15) is 16.7 Å². The van der Waals surface area contributed by atoms with Gasteiger partial charge in [0.1, 0.15) is 11.5 Å². The first-order chi connectivity index (χ1) is 13.6. The van der Waals surface area contributed by atoms with Gasteiger partial charge < -0.3 is 14.4 Å². The van der Waals surface area contributed by atoms with Crippen molar-refractivity contribution < 1.29 is 14.6 Å². The standard InChI is InChI=1S/C24H21NO3/c1-17-6-2-5-9-23(17)28-20-12-10-18(11-13-20)15-25-16-19(14-24(26)27)21-7-3-4-8-22(21)25/h2-13,16H,14-15H2,1H3,(H,26,27). The highest BCUT2D eigenvalue weighted by Crippen LogP contribution is 2.26. The summed E-state index contributed by atoms with van der Waals surface area (Å²) in [6.45, 7) is 2.69. The van der Waals surface area contributed by atoms with Crippen LogP contribution in [0, 0.1) is 6.92 Å². The maximum absolute atomic E-state index is 11.2. The zero-order chi connectivity index (χ0) is 19.5. The molecule has 4 aromatic rings. The number of aliphatic carboxylic acids is 1. The number of carboxylic acid groups (broad SMARTS) is 1. The van der Waals surface area contributed by atoms with Crippen LogP contribution in [0.15, 0.2) is 79.0 Å². The van der Waals surface area contributed by atoms with Crippen molar-refractivity contribution in [3.8, 4) is 11.5 Å². The zero-order valence-corrected chi connectivity index (χ0v) is 15.6. The SMILES string of the molecule is Cc1ccccc1Oc1ccc(Cn2cc(CC(=O)O)c3ccccc32)cc1. The Bertz CT molecular complexity index is 1130. The van der Waals surface area contributed by atoms with Crippen LogP contribution in [0.3, 0.4) is 0 Å². The first-order valence-corrected chi connectivity index (χ1v) is 9.21. The van der Waals surface area contributed by atoms with Gasteiger partial charge in [-0.25, -0.2) is 0 Å². The van der Waals surface area contributed by atoms with Crippen LogP contribution in [-0.4, -0.2) is 15.6 Å². The predicted octanol–water partition coefficient (Wildman–Crippen LogP) is 5.42. The monoisotopic (exact) mass is 371 g/mol. The fourth-order valence-corrected chi connectivity index (χ4v) is 3.41. The predicted molar refractivity (Wildman–Crippen MR) is 110 cm³/mol. The van der Waals surface area contributed by atoms with Gasteiger partial charge in [0.25, 0.3) is 0 Å². The number of ether oxygens (including phenoxy) is 1. The van der Waals surface area contributed by atoms with Gasteiger partial charge in [-0.05, 0) is 47.9 Å². The summed E-state index contributed by atoms with van der Waals surface area (Å²) in [4.78, 5) is 11.2. The normalized spacial score (nSPS) is 10.9. The number of nitrogens with zero attached hydrogens (tertiary/aromatic N) is 1. The van der Waals surface area contributed by atoms with Gasteiger partial charge in [0.05, 0.1) is 6.42 Å². The van der Waals surface area contributed by atoms with Crippen LogP contribution in [0.5, 0.6) is 11.5 Å². The molecule has 1 aromatic heterocycles. The lowest BCUT2D eigenvalue weighted by Gasteiger charge is -2.10. The molecular formula is C24H21NO3. The molecule has 1 N–H and O–H groups in total. The van der Waals surface area contributed by atoms with Gasteiger partial charge in [0, 0.05) is 23.6 Å². The molecule has 0 fully saturated rings. The summed E-state index contributed by atoms with van der Waals surface area (Å²) in [5.41, 5.74) is 4.10. The topological polar surface area (TPSA) is 51.5 Å². The van der Waals surface area contributed by atoms with Gasteiger partial charge in [-0.2, -0.15) is 0 Å². The second-order valence-electron chi connectivity index (χ2n) is 6.88. The molecule has 0 saturated carbocycles. The Morgan fingerprint density at radius 2 is 1.68 bits per heavy atom. The maximum Gasteiger partial charge on any atom is 0.307 e. The largest absolute Gasteiger partial charge is 0.481 e. The lowest BCUT2D eigenvalue weighted by atomic mass is 10.1. The first kappa shape index (κ1) is 17.9. The van der Waals surface area contributed by atoms with E-state index in [1.165, 1.54) is 0 Å². The minimum atomic E-state index is -0.819. The van der Waals surface area contributed by atoms with Gasteiger partial charge in [0.15, 0.2) is 0 Å². The summed E-state index contributed by atoms with van der Waals surface area (Å²) in [6, 6.07) is 23.9. The number of benzene rings is 3. The fourth-order valence-electron chi connectivity index (χ4n) is 3.41. The number of rotatable bonds is 6. The Labute approximate surface area is 163 Å². The Balaban J connectivity index is 1.56. The number of hydrogen-bond acceptors (Lipinski definition) is 2. The second kappa shape index (κ2) is 7.61. The lowest BCUT2D eigenvalue weighted by Crippen LogP contribution is -2.00.